The van der Waals surface area contributed by atoms with Gasteiger partial charge in [-0.15, -0.1) is 12.4 Å². The quantitative estimate of drug-likeness (QED) is 0.757. The van der Waals surface area contributed by atoms with E-state index in [1.807, 2.05) is 20.8 Å². The Balaban J connectivity index is 0.00000361. The average Bonchev–Trinajstić information content (AvgIpc) is 2.38. The Morgan fingerprint density at radius 2 is 2.00 bits per heavy atom. The first-order valence-electron chi connectivity index (χ1n) is 6.88. The van der Waals surface area contributed by atoms with Crippen molar-refractivity contribution in [3.05, 3.63) is 23.3 Å². The second-order valence-electron chi connectivity index (χ2n) is 4.88. The third kappa shape index (κ3) is 5.84. The summed E-state index contributed by atoms with van der Waals surface area (Å²) in [6, 6.07) is 0. The largest absolute Gasteiger partial charge is 0.351 e. The molecule has 5 nitrogen and oxygen atoms in total. The van der Waals surface area contributed by atoms with Crippen LogP contribution in [0.4, 0.5) is 0 Å². The third-order valence-electron chi connectivity index (χ3n) is 2.74. The van der Waals surface area contributed by atoms with Crippen molar-refractivity contribution in [2.75, 3.05) is 19.6 Å². The molecule has 20 heavy (non-hydrogen) atoms. The zero-order valence-corrected chi connectivity index (χ0v) is 13.5. The number of hydrogen-bond donors (Lipinski definition) is 2. The van der Waals surface area contributed by atoms with Crippen molar-refractivity contribution in [1.82, 2.24) is 20.6 Å². The Bertz CT molecular complexity index is 424. The molecular weight excluding hydrogens is 276 g/mol. The van der Waals surface area contributed by atoms with E-state index >= 15 is 0 Å². The van der Waals surface area contributed by atoms with Crippen LogP contribution < -0.4 is 10.6 Å². The van der Waals surface area contributed by atoms with Crippen molar-refractivity contribution in [3.8, 4) is 0 Å². The van der Waals surface area contributed by atoms with Gasteiger partial charge in [0.2, 0.25) is 0 Å². The molecule has 0 unspecified atom stereocenters. The first-order valence-corrected chi connectivity index (χ1v) is 6.88. The number of amides is 1. The topological polar surface area (TPSA) is 66.9 Å². The fraction of sp³-hybridized carbons (Fsp3) is 0.643. The standard InChI is InChI=1S/C14H24N4O.ClH/c1-5-6-15-7-8-16-14(19)12-9-17-11(4)18-13(12)10(2)3;/h9-10,15H,5-8H2,1-4H3,(H,16,19);1H. The number of aryl methyl sites for hydroxylation is 1. The van der Waals surface area contributed by atoms with E-state index in [2.05, 4.69) is 27.5 Å². The molecular formula is C14H25ClN4O. The summed E-state index contributed by atoms with van der Waals surface area (Å²) in [5.74, 6) is 0.813. The first kappa shape index (κ1) is 18.8. The lowest BCUT2D eigenvalue weighted by Gasteiger charge is -2.12. The van der Waals surface area contributed by atoms with Gasteiger partial charge in [0, 0.05) is 19.3 Å². The van der Waals surface area contributed by atoms with Crippen molar-refractivity contribution in [3.63, 3.8) is 0 Å². The average molecular weight is 301 g/mol. The van der Waals surface area contributed by atoms with E-state index in [-0.39, 0.29) is 24.2 Å². The molecule has 0 saturated carbocycles. The first-order chi connectivity index (χ1) is 9.06. The predicted molar refractivity (Wildman–Crippen MR) is 83.6 cm³/mol. The molecule has 0 fully saturated rings. The maximum atomic E-state index is 12.1. The van der Waals surface area contributed by atoms with Crippen LogP contribution in [0.1, 0.15) is 55.0 Å². The summed E-state index contributed by atoms with van der Waals surface area (Å²) in [6.07, 6.45) is 2.71. The minimum Gasteiger partial charge on any atom is -0.351 e. The molecule has 1 aromatic rings. The van der Waals surface area contributed by atoms with Crippen LogP contribution in [-0.4, -0.2) is 35.5 Å². The van der Waals surface area contributed by atoms with E-state index in [9.17, 15) is 4.79 Å². The van der Waals surface area contributed by atoms with Crippen LogP contribution in [0.25, 0.3) is 0 Å². The molecule has 6 heteroatoms. The van der Waals surface area contributed by atoms with Crippen molar-refractivity contribution in [2.24, 2.45) is 0 Å². The predicted octanol–water partition coefficient (Wildman–Crippen LogP) is 2.06. The normalized spacial score (nSPS) is 10.2. The van der Waals surface area contributed by atoms with E-state index in [0.29, 0.717) is 17.9 Å². The van der Waals surface area contributed by atoms with Crippen molar-refractivity contribution in [2.45, 2.75) is 40.0 Å². The minimum atomic E-state index is -0.0954. The molecule has 2 N–H and O–H groups in total. The maximum Gasteiger partial charge on any atom is 0.254 e. The highest BCUT2D eigenvalue weighted by atomic mass is 35.5. The highest BCUT2D eigenvalue weighted by Crippen LogP contribution is 2.16. The summed E-state index contributed by atoms with van der Waals surface area (Å²) in [7, 11) is 0. The number of nitrogens with one attached hydrogen (secondary N) is 2. The van der Waals surface area contributed by atoms with E-state index < -0.39 is 0 Å². The molecule has 0 spiro atoms. The van der Waals surface area contributed by atoms with Crippen LogP contribution >= 0.6 is 12.4 Å². The van der Waals surface area contributed by atoms with Gasteiger partial charge in [0.15, 0.2) is 0 Å². The molecule has 0 atom stereocenters. The molecule has 1 heterocycles. The molecule has 1 aromatic heterocycles. The zero-order valence-electron chi connectivity index (χ0n) is 12.7. The second-order valence-corrected chi connectivity index (χ2v) is 4.88. The fourth-order valence-corrected chi connectivity index (χ4v) is 1.76. The van der Waals surface area contributed by atoms with Gasteiger partial charge in [-0.05, 0) is 25.8 Å². The summed E-state index contributed by atoms with van der Waals surface area (Å²) < 4.78 is 0. The number of carbonyl (C=O) groups is 1. The van der Waals surface area contributed by atoms with E-state index in [0.717, 1.165) is 25.2 Å². The molecule has 114 valence electrons. The van der Waals surface area contributed by atoms with Crippen LogP contribution in [-0.2, 0) is 0 Å². The summed E-state index contributed by atoms with van der Waals surface area (Å²) in [6.45, 7) is 10.4. The van der Waals surface area contributed by atoms with E-state index in [4.69, 9.17) is 0 Å². The smallest absolute Gasteiger partial charge is 0.254 e. The fourth-order valence-electron chi connectivity index (χ4n) is 1.76. The lowest BCUT2D eigenvalue weighted by molar-refractivity contribution is 0.0951. The van der Waals surface area contributed by atoms with Crippen LogP contribution in [0.15, 0.2) is 6.20 Å². The van der Waals surface area contributed by atoms with Crippen LogP contribution in [0, 0.1) is 6.92 Å². The molecule has 1 amide bonds. The second kappa shape index (κ2) is 9.66. The number of nitrogens with zero attached hydrogens (tertiary/aromatic N) is 2. The van der Waals surface area contributed by atoms with E-state index in [1.165, 1.54) is 0 Å². The highest BCUT2D eigenvalue weighted by Gasteiger charge is 2.15. The lowest BCUT2D eigenvalue weighted by Crippen LogP contribution is -2.33. The van der Waals surface area contributed by atoms with Gasteiger partial charge in [0.05, 0.1) is 11.3 Å². The van der Waals surface area contributed by atoms with Gasteiger partial charge in [0.1, 0.15) is 5.82 Å². The monoisotopic (exact) mass is 300 g/mol. The van der Waals surface area contributed by atoms with Gasteiger partial charge < -0.3 is 10.6 Å². The third-order valence-corrected chi connectivity index (χ3v) is 2.74. The summed E-state index contributed by atoms with van der Waals surface area (Å²) in [5, 5.41) is 6.13. The number of carbonyl (C=O) groups excluding carboxylic acids is 1. The number of rotatable bonds is 7. The minimum absolute atomic E-state index is 0. The maximum absolute atomic E-state index is 12.1. The van der Waals surface area contributed by atoms with Crippen LogP contribution in [0.5, 0.6) is 0 Å². The molecule has 0 bridgehead atoms. The van der Waals surface area contributed by atoms with E-state index in [1.54, 1.807) is 6.20 Å². The molecule has 0 aliphatic rings. The summed E-state index contributed by atoms with van der Waals surface area (Å²) in [5.41, 5.74) is 1.39. The van der Waals surface area contributed by atoms with Gasteiger partial charge in [0.25, 0.3) is 5.91 Å². The number of aromatic nitrogens is 2. The highest BCUT2D eigenvalue weighted by molar-refractivity contribution is 5.95. The lowest BCUT2D eigenvalue weighted by atomic mass is 10.0. The molecule has 0 saturated heterocycles. The Morgan fingerprint density at radius 1 is 1.30 bits per heavy atom. The summed E-state index contributed by atoms with van der Waals surface area (Å²) in [4.78, 5) is 20.6. The SMILES string of the molecule is CCCNCCNC(=O)c1cnc(C)nc1C(C)C.Cl. The number of hydrogen-bond acceptors (Lipinski definition) is 4. The number of halogens is 1. The molecule has 0 radical (unpaired) electrons. The van der Waals surface area contributed by atoms with Crippen LogP contribution in [0.2, 0.25) is 0 Å². The van der Waals surface area contributed by atoms with Crippen molar-refractivity contribution >= 4 is 18.3 Å². The molecule has 1 rings (SSSR count). The molecule has 0 aliphatic heterocycles. The Kier molecular flexibility index (Phi) is 9.08. The van der Waals surface area contributed by atoms with Crippen molar-refractivity contribution < 1.29 is 4.79 Å². The summed E-state index contributed by atoms with van der Waals surface area (Å²) >= 11 is 0. The van der Waals surface area contributed by atoms with Crippen LogP contribution in [0.3, 0.4) is 0 Å². The van der Waals surface area contributed by atoms with Gasteiger partial charge in [-0.25, -0.2) is 9.97 Å². The zero-order chi connectivity index (χ0) is 14.3. The van der Waals surface area contributed by atoms with Gasteiger partial charge in [-0.3, -0.25) is 4.79 Å². The van der Waals surface area contributed by atoms with Gasteiger partial charge in [-0.1, -0.05) is 20.8 Å². The Labute approximate surface area is 127 Å². The van der Waals surface area contributed by atoms with Gasteiger partial charge in [-0.2, -0.15) is 0 Å². The molecule has 0 aliphatic carbocycles. The van der Waals surface area contributed by atoms with Gasteiger partial charge >= 0.3 is 0 Å². The Hall–Kier alpha value is -1.20. The Morgan fingerprint density at radius 3 is 2.60 bits per heavy atom. The molecule has 0 aromatic carbocycles. The van der Waals surface area contributed by atoms with Crippen molar-refractivity contribution in [1.29, 1.82) is 0 Å².